The number of unbranched alkanes of at least 4 members (excludes halogenated alkanes) is 6. The van der Waals surface area contributed by atoms with Gasteiger partial charge in [-0.15, -0.1) is 0 Å². The van der Waals surface area contributed by atoms with Crippen molar-refractivity contribution >= 4 is 16.9 Å². The van der Waals surface area contributed by atoms with Gasteiger partial charge < -0.3 is 13.9 Å². The Kier molecular flexibility index (Phi) is 6.99. The lowest BCUT2D eigenvalue weighted by Gasteiger charge is -2.39. The second-order valence-corrected chi connectivity index (χ2v) is 8.47. The molecule has 2 heterocycles. The van der Waals surface area contributed by atoms with E-state index in [4.69, 9.17) is 13.9 Å². The highest BCUT2D eigenvalue weighted by Gasteiger charge is 2.40. The van der Waals surface area contributed by atoms with E-state index < -0.39 is 17.3 Å². The number of carbonyl (C=O) groups is 1. The molecule has 0 N–H and O–H groups in total. The van der Waals surface area contributed by atoms with Gasteiger partial charge in [0.05, 0.1) is 0 Å². The third kappa shape index (κ3) is 5.40. The van der Waals surface area contributed by atoms with Crippen LogP contribution in [0.15, 0.2) is 33.5 Å². The fourth-order valence-corrected chi connectivity index (χ4v) is 3.87. The van der Waals surface area contributed by atoms with Gasteiger partial charge in [0.1, 0.15) is 23.0 Å². The molecular formula is C24H32O5. The van der Waals surface area contributed by atoms with E-state index >= 15 is 0 Å². The molecule has 0 saturated heterocycles. The third-order valence-corrected chi connectivity index (χ3v) is 5.65. The van der Waals surface area contributed by atoms with Crippen molar-refractivity contribution in [2.45, 2.75) is 90.3 Å². The molecule has 29 heavy (non-hydrogen) atoms. The normalized spacial score (nSPS) is 17.6. The Hall–Kier alpha value is -2.30. The molecule has 0 unspecified atom stereocenters. The Balaban J connectivity index is 1.61. The van der Waals surface area contributed by atoms with Crippen LogP contribution in [0, 0.1) is 0 Å². The minimum absolute atomic E-state index is 0.189. The van der Waals surface area contributed by atoms with Crippen molar-refractivity contribution in [1.29, 1.82) is 0 Å². The molecule has 1 aliphatic rings. The number of benzene rings is 1. The number of rotatable bonds is 9. The molecule has 0 spiro atoms. The largest absolute Gasteiger partial charge is 0.484 e. The summed E-state index contributed by atoms with van der Waals surface area (Å²) in [6, 6.07) is 6.90. The maximum absolute atomic E-state index is 12.4. The SMILES string of the molecule is CCCCCCCCCC(=O)O[C@@H]1Cc2c(ccc3ccc(=O)oc23)OC1(C)C. The van der Waals surface area contributed by atoms with Gasteiger partial charge in [-0.1, -0.05) is 45.4 Å². The fraction of sp³-hybridized carbons (Fsp3) is 0.583. The summed E-state index contributed by atoms with van der Waals surface area (Å²) in [4.78, 5) is 24.1. The Morgan fingerprint density at radius 1 is 1.07 bits per heavy atom. The molecule has 158 valence electrons. The summed E-state index contributed by atoms with van der Waals surface area (Å²) in [5.74, 6) is 0.488. The van der Waals surface area contributed by atoms with Crippen LogP contribution < -0.4 is 10.4 Å². The second-order valence-electron chi connectivity index (χ2n) is 8.47. The van der Waals surface area contributed by atoms with Crippen LogP contribution in [0.3, 0.4) is 0 Å². The highest BCUT2D eigenvalue weighted by atomic mass is 16.6. The molecule has 0 bridgehead atoms. The van der Waals surface area contributed by atoms with E-state index in [1.54, 1.807) is 6.07 Å². The zero-order valence-electron chi connectivity index (χ0n) is 17.8. The highest BCUT2D eigenvalue weighted by Crippen LogP contribution is 2.38. The van der Waals surface area contributed by atoms with Gasteiger partial charge in [0.2, 0.25) is 0 Å². The number of esters is 1. The van der Waals surface area contributed by atoms with Gasteiger partial charge >= 0.3 is 11.6 Å². The molecular weight excluding hydrogens is 368 g/mol. The molecule has 1 aromatic heterocycles. The summed E-state index contributed by atoms with van der Waals surface area (Å²) in [6.07, 6.45) is 8.59. The minimum atomic E-state index is -0.647. The molecule has 1 aromatic carbocycles. The molecule has 0 radical (unpaired) electrons. The van der Waals surface area contributed by atoms with Crippen molar-refractivity contribution in [1.82, 2.24) is 0 Å². The van der Waals surface area contributed by atoms with Crippen LogP contribution >= 0.6 is 0 Å². The van der Waals surface area contributed by atoms with Crippen molar-refractivity contribution < 1.29 is 18.7 Å². The number of hydrogen-bond donors (Lipinski definition) is 0. The number of fused-ring (bicyclic) bond motifs is 3. The van der Waals surface area contributed by atoms with E-state index in [0.717, 1.165) is 23.8 Å². The number of carbonyl (C=O) groups excluding carboxylic acids is 1. The van der Waals surface area contributed by atoms with Crippen LogP contribution in [-0.2, 0) is 16.0 Å². The van der Waals surface area contributed by atoms with Crippen molar-refractivity contribution in [2.24, 2.45) is 0 Å². The first-order valence-corrected chi connectivity index (χ1v) is 10.8. The van der Waals surface area contributed by atoms with Crippen molar-refractivity contribution in [3.05, 3.63) is 40.2 Å². The minimum Gasteiger partial charge on any atom is -0.484 e. The monoisotopic (exact) mass is 400 g/mol. The number of ether oxygens (including phenoxy) is 2. The average molecular weight is 401 g/mol. The van der Waals surface area contributed by atoms with E-state index in [2.05, 4.69) is 6.92 Å². The summed E-state index contributed by atoms with van der Waals surface area (Å²) in [7, 11) is 0. The summed E-state index contributed by atoms with van der Waals surface area (Å²) in [5, 5.41) is 0.833. The topological polar surface area (TPSA) is 65.7 Å². The molecule has 1 aliphatic heterocycles. The lowest BCUT2D eigenvalue weighted by Crippen LogP contribution is -2.48. The molecule has 5 heteroatoms. The fourth-order valence-electron chi connectivity index (χ4n) is 3.87. The molecule has 0 aliphatic carbocycles. The first-order chi connectivity index (χ1) is 13.9. The van der Waals surface area contributed by atoms with Gasteiger partial charge in [-0.05, 0) is 38.5 Å². The lowest BCUT2D eigenvalue weighted by atomic mass is 9.90. The summed E-state index contributed by atoms with van der Waals surface area (Å²) in [6.45, 7) is 6.06. The molecule has 3 rings (SSSR count). The smallest absolute Gasteiger partial charge is 0.336 e. The molecule has 0 saturated carbocycles. The maximum Gasteiger partial charge on any atom is 0.336 e. The highest BCUT2D eigenvalue weighted by molar-refractivity contribution is 5.82. The Morgan fingerprint density at radius 3 is 2.52 bits per heavy atom. The quantitative estimate of drug-likeness (QED) is 0.313. The van der Waals surface area contributed by atoms with E-state index in [-0.39, 0.29) is 5.97 Å². The van der Waals surface area contributed by atoms with Crippen molar-refractivity contribution in [2.75, 3.05) is 0 Å². The Morgan fingerprint density at radius 2 is 1.76 bits per heavy atom. The van der Waals surface area contributed by atoms with Crippen molar-refractivity contribution in [3.8, 4) is 5.75 Å². The van der Waals surface area contributed by atoms with Crippen LogP contribution in [0.2, 0.25) is 0 Å². The molecule has 0 fully saturated rings. The Labute approximate surface area is 172 Å². The first-order valence-electron chi connectivity index (χ1n) is 10.8. The molecule has 1 atom stereocenters. The van der Waals surface area contributed by atoms with Gasteiger partial charge in [0.25, 0.3) is 0 Å². The van der Waals surface area contributed by atoms with Gasteiger partial charge in [-0.2, -0.15) is 0 Å². The predicted molar refractivity (Wildman–Crippen MR) is 113 cm³/mol. The summed E-state index contributed by atoms with van der Waals surface area (Å²) in [5.41, 5.74) is 0.251. The zero-order valence-corrected chi connectivity index (χ0v) is 17.8. The van der Waals surface area contributed by atoms with Gasteiger partial charge in [-0.3, -0.25) is 4.79 Å². The van der Waals surface area contributed by atoms with E-state index in [1.165, 1.54) is 38.2 Å². The van der Waals surface area contributed by atoms with Crippen LogP contribution in [0.5, 0.6) is 5.75 Å². The van der Waals surface area contributed by atoms with Crippen LogP contribution in [0.25, 0.3) is 11.0 Å². The zero-order chi connectivity index (χ0) is 20.9. The van der Waals surface area contributed by atoms with Gasteiger partial charge in [-0.25, -0.2) is 4.79 Å². The Bertz CT molecular complexity index is 896. The second kappa shape index (κ2) is 9.47. The summed E-state index contributed by atoms with van der Waals surface area (Å²) < 4.78 is 17.4. The van der Waals surface area contributed by atoms with E-state index in [1.807, 2.05) is 26.0 Å². The van der Waals surface area contributed by atoms with E-state index in [9.17, 15) is 9.59 Å². The molecule has 5 nitrogen and oxygen atoms in total. The van der Waals surface area contributed by atoms with E-state index in [0.29, 0.717) is 24.2 Å². The van der Waals surface area contributed by atoms with Gasteiger partial charge in [0.15, 0.2) is 0 Å². The summed E-state index contributed by atoms with van der Waals surface area (Å²) >= 11 is 0. The van der Waals surface area contributed by atoms with Crippen molar-refractivity contribution in [3.63, 3.8) is 0 Å². The number of hydrogen-bond acceptors (Lipinski definition) is 5. The van der Waals surface area contributed by atoms with Crippen LogP contribution in [0.4, 0.5) is 0 Å². The first kappa shape index (κ1) is 21.4. The average Bonchev–Trinajstić information content (AvgIpc) is 2.67. The predicted octanol–water partition coefficient (Wildman–Crippen LogP) is 5.56. The van der Waals surface area contributed by atoms with Gasteiger partial charge in [0, 0.05) is 29.9 Å². The third-order valence-electron chi connectivity index (χ3n) is 5.65. The standard InChI is InChI=1S/C24H32O5/c1-4-5-6-7-8-9-10-11-21(25)27-20-16-18-19(29-24(20,2)3)14-12-17-13-15-22(26)28-23(17)18/h12-15,20H,4-11,16H2,1-3H3/t20-/m1/s1. The molecule has 2 aromatic rings. The van der Waals surface area contributed by atoms with Crippen LogP contribution in [0.1, 0.15) is 77.7 Å². The maximum atomic E-state index is 12.4. The molecule has 0 amide bonds. The van der Waals surface area contributed by atoms with Crippen LogP contribution in [-0.4, -0.2) is 17.7 Å². The lowest BCUT2D eigenvalue weighted by molar-refractivity contribution is -0.161.